The summed E-state index contributed by atoms with van der Waals surface area (Å²) >= 11 is 0. The number of esters is 1. The lowest BCUT2D eigenvalue weighted by Gasteiger charge is -2.24. The molecule has 146 valence electrons. The third-order valence-corrected chi connectivity index (χ3v) is 4.29. The minimum Gasteiger partial charge on any atom is -0.478 e. The van der Waals surface area contributed by atoms with Crippen LogP contribution in [-0.4, -0.2) is 59.8 Å². The monoisotopic (exact) mass is 376 g/mol. The molecule has 0 spiro atoms. The molecule has 27 heavy (non-hydrogen) atoms. The highest BCUT2D eigenvalue weighted by molar-refractivity contribution is 6.08. The Bertz CT molecular complexity index is 807. The van der Waals surface area contributed by atoms with Crippen molar-refractivity contribution in [3.8, 4) is 0 Å². The van der Waals surface area contributed by atoms with E-state index in [4.69, 9.17) is 9.84 Å². The summed E-state index contributed by atoms with van der Waals surface area (Å²) in [6.07, 6.45) is 0. The molecule has 0 aliphatic carbocycles. The van der Waals surface area contributed by atoms with Gasteiger partial charge in [-0.25, -0.2) is 9.59 Å². The van der Waals surface area contributed by atoms with Gasteiger partial charge in [-0.1, -0.05) is 26.8 Å². The second-order valence-corrected chi connectivity index (χ2v) is 7.24. The summed E-state index contributed by atoms with van der Waals surface area (Å²) in [6, 6.07) is 4.63. The number of β-amino-alcohol motifs (C(OH)–C–C–N with tert-alkyl or cyclic N) is 1. The van der Waals surface area contributed by atoms with Crippen molar-refractivity contribution in [3.05, 3.63) is 40.6 Å². The molecule has 0 saturated heterocycles. The van der Waals surface area contributed by atoms with Crippen molar-refractivity contribution in [3.63, 3.8) is 0 Å². The minimum absolute atomic E-state index is 0.0118. The molecule has 1 heterocycles. The van der Waals surface area contributed by atoms with Gasteiger partial charge in [-0.05, 0) is 23.1 Å². The van der Waals surface area contributed by atoms with E-state index in [2.05, 4.69) is 5.32 Å². The number of methoxy groups -OCH3 is 1. The maximum atomic E-state index is 12.7. The zero-order valence-corrected chi connectivity index (χ0v) is 15.8. The van der Waals surface area contributed by atoms with Crippen molar-refractivity contribution in [2.75, 3.05) is 32.1 Å². The van der Waals surface area contributed by atoms with Crippen LogP contribution >= 0.6 is 0 Å². The fourth-order valence-electron chi connectivity index (χ4n) is 2.92. The van der Waals surface area contributed by atoms with Gasteiger partial charge in [0.1, 0.15) is 5.70 Å². The van der Waals surface area contributed by atoms with Gasteiger partial charge in [0.25, 0.3) is 5.91 Å². The maximum absolute atomic E-state index is 12.7. The molecule has 1 aromatic rings. The second kappa shape index (κ2) is 7.79. The average molecular weight is 376 g/mol. The van der Waals surface area contributed by atoms with E-state index in [0.29, 0.717) is 5.69 Å². The van der Waals surface area contributed by atoms with Crippen LogP contribution in [0.4, 0.5) is 5.69 Å². The highest BCUT2D eigenvalue weighted by atomic mass is 16.5. The van der Waals surface area contributed by atoms with Gasteiger partial charge in [0.2, 0.25) is 0 Å². The Hall–Kier alpha value is -2.87. The number of carboxylic acid groups (broad SMARTS) is 1. The molecule has 2 rings (SSSR count). The third kappa shape index (κ3) is 4.28. The summed E-state index contributed by atoms with van der Waals surface area (Å²) < 4.78 is 4.76. The third-order valence-electron chi connectivity index (χ3n) is 4.29. The lowest BCUT2D eigenvalue weighted by atomic mass is 9.85. The number of nitrogens with one attached hydrogen (secondary N) is 1. The number of anilines is 1. The minimum atomic E-state index is -1.10. The number of aliphatic hydroxyl groups excluding tert-OH is 1. The van der Waals surface area contributed by atoms with E-state index in [1.165, 1.54) is 24.1 Å². The largest absolute Gasteiger partial charge is 0.478 e. The van der Waals surface area contributed by atoms with Gasteiger partial charge in [0.15, 0.2) is 0 Å². The fraction of sp³-hybridized carbons (Fsp3) is 0.421. The quantitative estimate of drug-likeness (QED) is 0.642. The number of carboxylic acids is 1. The van der Waals surface area contributed by atoms with E-state index < -0.39 is 17.8 Å². The number of benzene rings is 1. The van der Waals surface area contributed by atoms with Crippen LogP contribution in [0, 0.1) is 0 Å². The Kier molecular flexibility index (Phi) is 5.90. The number of carbonyl (C=O) groups is 3. The first-order valence-electron chi connectivity index (χ1n) is 8.46. The van der Waals surface area contributed by atoms with Gasteiger partial charge >= 0.3 is 11.9 Å². The van der Waals surface area contributed by atoms with Crippen LogP contribution in [0.15, 0.2) is 29.5 Å². The van der Waals surface area contributed by atoms with Crippen LogP contribution in [0.1, 0.15) is 36.7 Å². The first kappa shape index (κ1) is 20.4. The van der Waals surface area contributed by atoms with Crippen LogP contribution in [0.2, 0.25) is 0 Å². The summed E-state index contributed by atoms with van der Waals surface area (Å²) in [6.45, 7) is 5.72. The first-order valence-corrected chi connectivity index (χ1v) is 8.46. The highest BCUT2D eigenvalue weighted by Crippen LogP contribution is 2.33. The number of amides is 1. The standard InChI is InChI=1S/C19H24N2O6/c1-19(2,3)13-6-5-11(17(24)25)9-14(13)20-15-12(18(26)27-4)10-21(7-8-22)16(15)23/h5-6,9,20,22H,7-8,10H2,1-4H3,(H,24,25). The van der Waals surface area contributed by atoms with Gasteiger partial charge in [0.05, 0.1) is 31.4 Å². The molecule has 0 bridgehead atoms. The normalized spacial score (nSPS) is 14.6. The Morgan fingerprint density at radius 3 is 2.48 bits per heavy atom. The number of aromatic carboxylic acids is 1. The lowest BCUT2D eigenvalue weighted by molar-refractivity contribution is -0.136. The molecule has 8 nitrogen and oxygen atoms in total. The van der Waals surface area contributed by atoms with E-state index in [1.807, 2.05) is 20.8 Å². The van der Waals surface area contributed by atoms with Crippen LogP contribution in [0.3, 0.4) is 0 Å². The number of rotatable bonds is 6. The van der Waals surface area contributed by atoms with Gasteiger partial charge in [0, 0.05) is 12.2 Å². The zero-order valence-electron chi connectivity index (χ0n) is 15.8. The lowest BCUT2D eigenvalue weighted by Crippen LogP contribution is -2.31. The van der Waals surface area contributed by atoms with E-state index in [-0.39, 0.29) is 41.9 Å². The van der Waals surface area contributed by atoms with Crippen molar-refractivity contribution in [1.82, 2.24) is 4.90 Å². The summed E-state index contributed by atoms with van der Waals surface area (Å²) in [5, 5.41) is 21.4. The summed E-state index contributed by atoms with van der Waals surface area (Å²) in [4.78, 5) is 37.5. The molecule has 0 aromatic heterocycles. The number of nitrogens with zero attached hydrogens (tertiary/aromatic N) is 1. The van der Waals surface area contributed by atoms with E-state index in [1.54, 1.807) is 6.07 Å². The fourth-order valence-corrected chi connectivity index (χ4v) is 2.92. The molecule has 1 aromatic carbocycles. The Labute approximate surface area is 157 Å². The molecule has 0 unspecified atom stereocenters. The molecular formula is C19H24N2O6. The Morgan fingerprint density at radius 2 is 1.96 bits per heavy atom. The van der Waals surface area contributed by atoms with Crippen molar-refractivity contribution < 1.29 is 29.3 Å². The summed E-state index contributed by atoms with van der Waals surface area (Å²) in [5.74, 6) is -2.21. The molecule has 0 saturated carbocycles. The zero-order chi connectivity index (χ0) is 20.4. The number of carbonyl (C=O) groups excluding carboxylic acids is 2. The molecule has 0 fully saturated rings. The second-order valence-electron chi connectivity index (χ2n) is 7.24. The van der Waals surface area contributed by atoms with E-state index in [0.717, 1.165) is 5.56 Å². The number of aliphatic hydroxyl groups is 1. The Morgan fingerprint density at radius 1 is 1.30 bits per heavy atom. The van der Waals surface area contributed by atoms with Crippen molar-refractivity contribution in [1.29, 1.82) is 0 Å². The van der Waals surface area contributed by atoms with Crippen molar-refractivity contribution >= 4 is 23.5 Å². The molecule has 0 radical (unpaired) electrons. The van der Waals surface area contributed by atoms with Gasteiger partial charge < -0.3 is 25.2 Å². The SMILES string of the molecule is COC(=O)C1=C(Nc2cc(C(=O)O)ccc2C(C)(C)C)C(=O)N(CCO)C1. The molecule has 3 N–H and O–H groups in total. The number of hydrogen-bond donors (Lipinski definition) is 3. The molecule has 1 aliphatic heterocycles. The smallest absolute Gasteiger partial charge is 0.337 e. The van der Waals surface area contributed by atoms with E-state index >= 15 is 0 Å². The molecule has 8 heteroatoms. The van der Waals surface area contributed by atoms with Gasteiger partial charge in [-0.3, -0.25) is 4.79 Å². The maximum Gasteiger partial charge on any atom is 0.337 e. The van der Waals surface area contributed by atoms with Gasteiger partial charge in [-0.2, -0.15) is 0 Å². The van der Waals surface area contributed by atoms with Crippen molar-refractivity contribution in [2.24, 2.45) is 0 Å². The predicted octanol–water partition coefficient (Wildman–Crippen LogP) is 1.36. The average Bonchev–Trinajstić information content (AvgIpc) is 2.90. The van der Waals surface area contributed by atoms with Crippen molar-refractivity contribution in [2.45, 2.75) is 26.2 Å². The summed E-state index contributed by atoms with van der Waals surface area (Å²) in [7, 11) is 1.22. The summed E-state index contributed by atoms with van der Waals surface area (Å²) in [5.41, 5.74) is 1.11. The van der Waals surface area contributed by atoms with Gasteiger partial charge in [-0.15, -0.1) is 0 Å². The topological polar surface area (TPSA) is 116 Å². The number of ether oxygens (including phenoxy) is 1. The van der Waals surface area contributed by atoms with Crippen LogP contribution in [0.5, 0.6) is 0 Å². The molecular weight excluding hydrogens is 352 g/mol. The van der Waals surface area contributed by atoms with Crippen LogP contribution in [0.25, 0.3) is 0 Å². The molecule has 1 aliphatic rings. The van der Waals surface area contributed by atoms with E-state index in [9.17, 15) is 19.5 Å². The van der Waals surface area contributed by atoms with Crippen LogP contribution < -0.4 is 5.32 Å². The highest BCUT2D eigenvalue weighted by Gasteiger charge is 2.35. The first-order chi connectivity index (χ1) is 12.6. The number of hydrogen-bond acceptors (Lipinski definition) is 6. The predicted molar refractivity (Wildman–Crippen MR) is 98.4 cm³/mol. The Balaban J connectivity index is 2.54. The molecule has 0 atom stereocenters. The molecule has 1 amide bonds. The van der Waals surface area contributed by atoms with Crippen LogP contribution in [-0.2, 0) is 19.7 Å².